The number of Topliss-reactive ketones (excluding diaryl/α,β-unsaturated/α-hetero) is 1. The standard InChI is InChI=1S/C9H13N3O2/c1-12-6-8(10-11-12)9(13)7-2-4-14-5-3-7/h6-7H,2-5H2,1H3. The number of ketones is 1. The number of rotatable bonds is 2. The zero-order chi connectivity index (χ0) is 9.97. The van der Waals surface area contributed by atoms with Gasteiger partial charge in [0, 0.05) is 26.2 Å². The second-order valence-corrected chi connectivity index (χ2v) is 3.53. The Hall–Kier alpha value is -1.23. The lowest BCUT2D eigenvalue weighted by Gasteiger charge is -2.19. The van der Waals surface area contributed by atoms with Crippen LogP contribution in [0.3, 0.4) is 0 Å². The Balaban J connectivity index is 2.07. The maximum Gasteiger partial charge on any atom is 0.187 e. The van der Waals surface area contributed by atoms with E-state index in [1.54, 1.807) is 17.9 Å². The van der Waals surface area contributed by atoms with Crippen molar-refractivity contribution in [2.24, 2.45) is 13.0 Å². The molecule has 0 unspecified atom stereocenters. The van der Waals surface area contributed by atoms with Crippen LogP contribution in [0.5, 0.6) is 0 Å². The smallest absolute Gasteiger partial charge is 0.187 e. The molecule has 0 aliphatic carbocycles. The fraction of sp³-hybridized carbons (Fsp3) is 0.667. The van der Waals surface area contributed by atoms with Crippen LogP contribution in [0.4, 0.5) is 0 Å². The van der Waals surface area contributed by atoms with Crippen LogP contribution < -0.4 is 0 Å². The zero-order valence-electron chi connectivity index (χ0n) is 8.14. The van der Waals surface area contributed by atoms with E-state index in [4.69, 9.17) is 4.74 Å². The highest BCUT2D eigenvalue weighted by molar-refractivity contribution is 5.95. The predicted molar refractivity (Wildman–Crippen MR) is 48.9 cm³/mol. The number of aryl methyl sites for hydroxylation is 1. The normalized spacial score (nSPS) is 18.4. The van der Waals surface area contributed by atoms with E-state index in [-0.39, 0.29) is 11.7 Å². The third-order valence-electron chi connectivity index (χ3n) is 2.45. The molecule has 76 valence electrons. The van der Waals surface area contributed by atoms with Gasteiger partial charge in [-0.3, -0.25) is 9.48 Å². The van der Waals surface area contributed by atoms with E-state index in [1.807, 2.05) is 0 Å². The lowest BCUT2D eigenvalue weighted by atomic mass is 9.94. The van der Waals surface area contributed by atoms with Crippen LogP contribution in [0.2, 0.25) is 0 Å². The van der Waals surface area contributed by atoms with Crippen LogP contribution in [0.1, 0.15) is 23.3 Å². The number of carbonyl (C=O) groups excluding carboxylic acids is 1. The van der Waals surface area contributed by atoms with Crippen LogP contribution in [-0.4, -0.2) is 34.0 Å². The molecule has 1 aromatic heterocycles. The fourth-order valence-corrected chi connectivity index (χ4v) is 1.63. The first-order chi connectivity index (χ1) is 6.77. The van der Waals surface area contributed by atoms with Crippen molar-refractivity contribution in [3.8, 4) is 0 Å². The van der Waals surface area contributed by atoms with Crippen LogP contribution in [0.25, 0.3) is 0 Å². The second-order valence-electron chi connectivity index (χ2n) is 3.53. The minimum Gasteiger partial charge on any atom is -0.381 e. The Morgan fingerprint density at radius 3 is 2.86 bits per heavy atom. The van der Waals surface area contributed by atoms with Gasteiger partial charge in [-0.25, -0.2) is 0 Å². The molecule has 0 spiro atoms. The molecule has 1 aromatic rings. The van der Waals surface area contributed by atoms with Crippen molar-refractivity contribution in [3.05, 3.63) is 11.9 Å². The SMILES string of the molecule is Cn1cc(C(=O)C2CCOCC2)nn1. The maximum absolute atomic E-state index is 11.8. The van der Waals surface area contributed by atoms with Gasteiger partial charge in [0.15, 0.2) is 5.78 Å². The van der Waals surface area contributed by atoms with Crippen molar-refractivity contribution >= 4 is 5.78 Å². The van der Waals surface area contributed by atoms with Crippen LogP contribution >= 0.6 is 0 Å². The summed E-state index contributed by atoms with van der Waals surface area (Å²) in [4.78, 5) is 11.8. The van der Waals surface area contributed by atoms with Crippen LogP contribution in [-0.2, 0) is 11.8 Å². The van der Waals surface area contributed by atoms with Crippen molar-refractivity contribution in [2.45, 2.75) is 12.8 Å². The Morgan fingerprint density at radius 1 is 1.57 bits per heavy atom. The molecule has 2 rings (SSSR count). The summed E-state index contributed by atoms with van der Waals surface area (Å²) < 4.78 is 6.75. The quantitative estimate of drug-likeness (QED) is 0.642. The molecule has 5 heteroatoms. The first-order valence-corrected chi connectivity index (χ1v) is 4.75. The summed E-state index contributed by atoms with van der Waals surface area (Å²) in [6.07, 6.45) is 3.27. The number of hydrogen-bond acceptors (Lipinski definition) is 4. The molecular weight excluding hydrogens is 182 g/mol. The number of nitrogens with zero attached hydrogens (tertiary/aromatic N) is 3. The molecular formula is C9H13N3O2. The molecule has 0 aromatic carbocycles. The van der Waals surface area contributed by atoms with Crippen molar-refractivity contribution < 1.29 is 9.53 Å². The van der Waals surface area contributed by atoms with Crippen LogP contribution in [0.15, 0.2) is 6.20 Å². The summed E-state index contributed by atoms with van der Waals surface area (Å²) in [7, 11) is 1.76. The largest absolute Gasteiger partial charge is 0.381 e. The van der Waals surface area contributed by atoms with E-state index < -0.39 is 0 Å². The third-order valence-corrected chi connectivity index (χ3v) is 2.45. The lowest BCUT2D eigenvalue weighted by molar-refractivity contribution is 0.0541. The minimum atomic E-state index is 0.0699. The summed E-state index contributed by atoms with van der Waals surface area (Å²) in [5.74, 6) is 0.168. The van der Waals surface area contributed by atoms with Gasteiger partial charge in [-0.05, 0) is 12.8 Å². The fourth-order valence-electron chi connectivity index (χ4n) is 1.63. The molecule has 0 N–H and O–H groups in total. The van der Waals surface area contributed by atoms with Crippen LogP contribution in [0, 0.1) is 5.92 Å². The second kappa shape index (κ2) is 3.88. The third kappa shape index (κ3) is 1.82. The summed E-state index contributed by atoms with van der Waals surface area (Å²) in [6, 6.07) is 0. The molecule has 0 radical (unpaired) electrons. The molecule has 1 fully saturated rings. The summed E-state index contributed by atoms with van der Waals surface area (Å²) in [5, 5.41) is 7.56. The van der Waals surface area contributed by atoms with Gasteiger partial charge >= 0.3 is 0 Å². The van der Waals surface area contributed by atoms with E-state index in [0.29, 0.717) is 18.9 Å². The topological polar surface area (TPSA) is 57.0 Å². The van der Waals surface area contributed by atoms with Gasteiger partial charge in [-0.15, -0.1) is 5.10 Å². The molecule has 14 heavy (non-hydrogen) atoms. The molecule has 1 saturated heterocycles. The Morgan fingerprint density at radius 2 is 2.29 bits per heavy atom. The monoisotopic (exact) mass is 195 g/mol. The van der Waals surface area contributed by atoms with Gasteiger partial charge in [0.25, 0.3) is 0 Å². The molecule has 0 atom stereocenters. The van der Waals surface area contributed by atoms with E-state index in [9.17, 15) is 4.79 Å². The summed E-state index contributed by atoms with van der Waals surface area (Å²) in [5.41, 5.74) is 0.472. The van der Waals surface area contributed by atoms with Crippen molar-refractivity contribution in [3.63, 3.8) is 0 Å². The first kappa shape index (κ1) is 9.33. The number of aromatic nitrogens is 3. The highest BCUT2D eigenvalue weighted by atomic mass is 16.5. The Labute approximate surface area is 82.1 Å². The average Bonchev–Trinajstić information content (AvgIpc) is 2.65. The van der Waals surface area contributed by atoms with Gasteiger partial charge in [0.2, 0.25) is 0 Å². The average molecular weight is 195 g/mol. The molecule has 5 nitrogen and oxygen atoms in total. The number of hydrogen-bond donors (Lipinski definition) is 0. The van der Waals surface area contributed by atoms with Crippen molar-refractivity contribution in [1.82, 2.24) is 15.0 Å². The van der Waals surface area contributed by atoms with Crippen molar-refractivity contribution in [2.75, 3.05) is 13.2 Å². The van der Waals surface area contributed by atoms with E-state index in [1.165, 1.54) is 0 Å². The highest BCUT2D eigenvalue weighted by Gasteiger charge is 2.24. The van der Waals surface area contributed by atoms with Gasteiger partial charge < -0.3 is 4.74 Å². The summed E-state index contributed by atoms with van der Waals surface area (Å²) in [6.45, 7) is 1.35. The molecule has 2 heterocycles. The zero-order valence-corrected chi connectivity index (χ0v) is 8.14. The van der Waals surface area contributed by atoms with Gasteiger partial charge in [-0.2, -0.15) is 0 Å². The Bertz CT molecular complexity index is 329. The lowest BCUT2D eigenvalue weighted by Crippen LogP contribution is -2.23. The highest BCUT2D eigenvalue weighted by Crippen LogP contribution is 2.18. The van der Waals surface area contributed by atoms with E-state index in [0.717, 1.165) is 12.8 Å². The summed E-state index contributed by atoms with van der Waals surface area (Å²) >= 11 is 0. The Kier molecular flexibility index (Phi) is 2.58. The molecule has 1 aliphatic rings. The maximum atomic E-state index is 11.8. The van der Waals surface area contributed by atoms with E-state index in [2.05, 4.69) is 10.3 Å². The molecule has 0 bridgehead atoms. The number of carbonyl (C=O) groups is 1. The first-order valence-electron chi connectivity index (χ1n) is 4.75. The van der Waals surface area contributed by atoms with Crippen molar-refractivity contribution in [1.29, 1.82) is 0 Å². The van der Waals surface area contributed by atoms with E-state index >= 15 is 0 Å². The van der Waals surface area contributed by atoms with Gasteiger partial charge in [0.1, 0.15) is 5.69 Å². The van der Waals surface area contributed by atoms with Gasteiger partial charge in [0.05, 0.1) is 6.20 Å². The molecule has 0 amide bonds. The number of ether oxygens (including phenoxy) is 1. The van der Waals surface area contributed by atoms with Gasteiger partial charge in [-0.1, -0.05) is 5.21 Å². The molecule has 1 aliphatic heterocycles. The predicted octanol–water partition coefficient (Wildman–Crippen LogP) is 0.424. The molecule has 0 saturated carbocycles. The minimum absolute atomic E-state index is 0.0699.